The highest BCUT2D eigenvalue weighted by Gasteiger charge is 2.62. The lowest BCUT2D eigenvalue weighted by atomic mass is 9.43. The van der Waals surface area contributed by atoms with Crippen LogP contribution in [0.3, 0.4) is 0 Å². The molecule has 4 saturated carbocycles. The molecule has 3 aromatic rings. The number of ether oxygens (including phenoxy) is 1. The van der Waals surface area contributed by atoms with Crippen molar-refractivity contribution in [3.8, 4) is 5.75 Å². The molecule has 4 aliphatic carbocycles. The lowest BCUT2D eigenvalue weighted by molar-refractivity contribution is -0.171. The SMILES string of the molecule is COc1ccccc1N1CCN(C(=O)C(Cc2ccc3ccccc3c2)NC(=O)[C@H]2C[C@@H](O)CN2C(=O)C23CC4CC(CC(CN(C)C)(C4)C2)C3)CC1. The number of piperazine rings is 1. The minimum absolute atomic E-state index is 0.0382. The highest BCUT2D eigenvalue weighted by Crippen LogP contribution is 2.66. The van der Waals surface area contributed by atoms with Crippen molar-refractivity contribution in [2.24, 2.45) is 22.7 Å². The Balaban J connectivity index is 1.02. The van der Waals surface area contributed by atoms with E-state index in [1.807, 2.05) is 47.4 Å². The first-order valence-electron chi connectivity index (χ1n) is 19.6. The number of aliphatic hydroxyl groups is 1. The summed E-state index contributed by atoms with van der Waals surface area (Å²) in [7, 11) is 5.92. The molecule has 0 radical (unpaired) electrons. The molecule has 3 amide bonds. The van der Waals surface area contributed by atoms with Gasteiger partial charge in [0.15, 0.2) is 0 Å². The normalized spacial score (nSPS) is 29.9. The monoisotopic (exact) mass is 721 g/mol. The number of β-amino-alcohol motifs (C(OH)–C–C–N with tert-alkyl or cyclic N) is 1. The lowest BCUT2D eigenvalue weighted by Gasteiger charge is -2.62. The molecule has 0 spiro atoms. The predicted octanol–water partition coefficient (Wildman–Crippen LogP) is 4.33. The number of fused-ring (bicyclic) bond motifs is 1. The van der Waals surface area contributed by atoms with Gasteiger partial charge in [-0.15, -0.1) is 0 Å². The van der Waals surface area contributed by atoms with E-state index in [9.17, 15) is 19.5 Å². The number of hydrogen-bond donors (Lipinski definition) is 2. The molecule has 2 heterocycles. The minimum atomic E-state index is -0.820. The third-order valence-electron chi connectivity index (χ3n) is 13.0. The first-order valence-corrected chi connectivity index (χ1v) is 19.6. The van der Waals surface area contributed by atoms with Crippen molar-refractivity contribution >= 4 is 34.2 Å². The van der Waals surface area contributed by atoms with Gasteiger partial charge in [0.05, 0.1) is 24.3 Å². The Bertz CT molecular complexity index is 1840. The maximum atomic E-state index is 14.8. The average molecular weight is 722 g/mol. The number of aliphatic hydroxyl groups excluding tert-OH is 1. The number of benzene rings is 3. The van der Waals surface area contributed by atoms with Crippen LogP contribution in [-0.4, -0.2) is 116 Å². The van der Waals surface area contributed by atoms with Crippen LogP contribution < -0.4 is 15.0 Å². The molecule has 282 valence electrons. The van der Waals surface area contributed by atoms with E-state index in [-0.39, 0.29) is 36.1 Å². The number of carbonyl (C=O) groups excluding carboxylic acids is 3. The summed E-state index contributed by atoms with van der Waals surface area (Å²) in [5.41, 5.74) is 1.60. The summed E-state index contributed by atoms with van der Waals surface area (Å²) in [5, 5.41) is 16.3. The molecule has 9 rings (SSSR count). The van der Waals surface area contributed by atoms with Gasteiger partial charge in [0, 0.05) is 52.1 Å². The molecular weight excluding hydrogens is 667 g/mol. The molecule has 0 aromatic heterocycles. The van der Waals surface area contributed by atoms with Crippen LogP contribution in [0.15, 0.2) is 66.7 Å². The quantitative estimate of drug-likeness (QED) is 0.321. The van der Waals surface area contributed by atoms with E-state index in [0.29, 0.717) is 44.4 Å². The first kappa shape index (κ1) is 35.9. The van der Waals surface area contributed by atoms with Gasteiger partial charge in [-0.3, -0.25) is 14.4 Å². The van der Waals surface area contributed by atoms with E-state index in [2.05, 4.69) is 53.5 Å². The molecule has 3 aromatic carbocycles. The van der Waals surface area contributed by atoms with Crippen LogP contribution in [0.4, 0.5) is 5.69 Å². The van der Waals surface area contributed by atoms with Gasteiger partial charge in [0.1, 0.15) is 17.8 Å². The second-order valence-electron chi connectivity index (χ2n) is 17.3. The van der Waals surface area contributed by atoms with Crippen molar-refractivity contribution in [1.29, 1.82) is 0 Å². The molecule has 2 saturated heterocycles. The fourth-order valence-electron chi connectivity index (χ4n) is 11.5. The molecule has 5 atom stereocenters. The van der Waals surface area contributed by atoms with Gasteiger partial charge in [0.25, 0.3) is 0 Å². The Morgan fingerprint density at radius 1 is 0.906 bits per heavy atom. The fourth-order valence-corrected chi connectivity index (χ4v) is 11.5. The van der Waals surface area contributed by atoms with Crippen LogP contribution in [-0.2, 0) is 20.8 Å². The van der Waals surface area contributed by atoms with Crippen LogP contribution in [0.1, 0.15) is 50.5 Å². The zero-order valence-electron chi connectivity index (χ0n) is 31.5. The molecule has 10 heteroatoms. The second-order valence-corrected chi connectivity index (χ2v) is 17.3. The van der Waals surface area contributed by atoms with Crippen molar-refractivity contribution in [2.75, 3.05) is 65.4 Å². The summed E-state index contributed by atoms with van der Waals surface area (Å²) in [5.74, 6) is 1.42. The van der Waals surface area contributed by atoms with Gasteiger partial charge in [-0.25, -0.2) is 0 Å². The highest BCUT2D eigenvalue weighted by molar-refractivity contribution is 5.94. The number of anilines is 1. The Morgan fingerprint density at radius 3 is 2.32 bits per heavy atom. The molecule has 4 bridgehead atoms. The smallest absolute Gasteiger partial charge is 0.245 e. The van der Waals surface area contributed by atoms with Crippen molar-refractivity contribution in [2.45, 2.75) is 69.6 Å². The summed E-state index contributed by atoms with van der Waals surface area (Å²) >= 11 is 0. The third kappa shape index (κ3) is 7.00. The number of nitrogens with zero attached hydrogens (tertiary/aromatic N) is 4. The van der Waals surface area contributed by atoms with Gasteiger partial charge in [0.2, 0.25) is 17.7 Å². The fraction of sp³-hybridized carbons (Fsp3) is 0.558. The van der Waals surface area contributed by atoms with Crippen molar-refractivity contribution < 1.29 is 24.2 Å². The molecule has 6 fully saturated rings. The van der Waals surface area contributed by atoms with Gasteiger partial charge < -0.3 is 34.8 Å². The number of likely N-dealkylation sites (tertiary alicyclic amines) is 1. The average Bonchev–Trinajstić information content (AvgIpc) is 3.54. The minimum Gasteiger partial charge on any atom is -0.495 e. The van der Waals surface area contributed by atoms with E-state index in [1.54, 1.807) is 12.0 Å². The molecule has 2 aliphatic heterocycles. The Kier molecular flexibility index (Phi) is 9.64. The van der Waals surface area contributed by atoms with Crippen LogP contribution >= 0.6 is 0 Å². The van der Waals surface area contributed by atoms with Crippen molar-refractivity contribution in [3.05, 3.63) is 72.3 Å². The molecule has 53 heavy (non-hydrogen) atoms. The van der Waals surface area contributed by atoms with Crippen molar-refractivity contribution in [1.82, 2.24) is 20.0 Å². The van der Waals surface area contributed by atoms with E-state index in [0.717, 1.165) is 53.6 Å². The zero-order valence-corrected chi connectivity index (χ0v) is 31.5. The summed E-state index contributed by atoms with van der Waals surface area (Å²) < 4.78 is 5.60. The number of amides is 3. The number of methoxy groups -OCH3 is 1. The van der Waals surface area contributed by atoms with Crippen LogP contribution in [0, 0.1) is 22.7 Å². The number of carbonyl (C=O) groups is 3. The van der Waals surface area contributed by atoms with E-state index in [4.69, 9.17) is 4.74 Å². The van der Waals surface area contributed by atoms with Crippen LogP contribution in [0.25, 0.3) is 10.8 Å². The van der Waals surface area contributed by atoms with Gasteiger partial charge in [-0.1, -0.05) is 54.6 Å². The Labute approximate surface area is 313 Å². The molecule has 6 aliphatic rings. The first-order chi connectivity index (χ1) is 25.5. The van der Waals surface area contributed by atoms with Crippen molar-refractivity contribution in [3.63, 3.8) is 0 Å². The van der Waals surface area contributed by atoms with E-state index < -0.39 is 23.6 Å². The van der Waals surface area contributed by atoms with Gasteiger partial charge in [-0.2, -0.15) is 0 Å². The number of nitrogens with one attached hydrogen (secondary N) is 1. The van der Waals surface area contributed by atoms with Crippen LogP contribution in [0.2, 0.25) is 0 Å². The number of para-hydroxylation sites is 2. The third-order valence-corrected chi connectivity index (χ3v) is 13.0. The summed E-state index contributed by atoms with van der Waals surface area (Å²) in [6, 6.07) is 20.6. The number of hydrogen-bond acceptors (Lipinski definition) is 7. The summed E-state index contributed by atoms with van der Waals surface area (Å²) in [6.45, 7) is 3.43. The summed E-state index contributed by atoms with van der Waals surface area (Å²) in [6.07, 6.45) is 5.88. The standard InChI is InChI=1S/C43H55N5O5/c1-45(2)28-42-22-30-18-31(23-42)25-43(24-30,27-42)41(52)48-26-34(49)21-37(48)39(50)44-35(20-29-12-13-32-8-4-5-9-33(32)19-29)40(51)47-16-14-46(15-17-47)36-10-6-7-11-38(36)53-3/h4-13,19,30-31,34-35,37,49H,14-18,20-28H2,1-3H3,(H,44,50)/t30?,31?,34-,35?,37-,42?,43?/m1/s1. The molecule has 10 nitrogen and oxygen atoms in total. The molecule has 3 unspecified atom stereocenters. The molecule has 2 N–H and O–H groups in total. The Hall–Kier alpha value is -4.15. The van der Waals surface area contributed by atoms with E-state index in [1.165, 1.54) is 19.3 Å². The van der Waals surface area contributed by atoms with E-state index >= 15 is 0 Å². The molecular formula is C43H55N5O5. The topological polar surface area (TPSA) is 106 Å². The Morgan fingerprint density at radius 2 is 1.60 bits per heavy atom. The second kappa shape index (κ2) is 14.3. The van der Waals surface area contributed by atoms with Gasteiger partial charge in [-0.05, 0) is 98.3 Å². The largest absolute Gasteiger partial charge is 0.495 e. The lowest BCUT2D eigenvalue weighted by Crippen LogP contribution is -2.62. The highest BCUT2D eigenvalue weighted by atomic mass is 16.5. The maximum Gasteiger partial charge on any atom is 0.245 e. The number of rotatable bonds is 10. The zero-order chi connectivity index (χ0) is 36.9. The summed E-state index contributed by atoms with van der Waals surface area (Å²) in [4.78, 5) is 51.7. The van der Waals surface area contributed by atoms with Gasteiger partial charge >= 0.3 is 0 Å². The maximum absolute atomic E-state index is 14.8. The van der Waals surface area contributed by atoms with Crippen LogP contribution in [0.5, 0.6) is 5.75 Å². The predicted molar refractivity (Wildman–Crippen MR) is 206 cm³/mol.